The Kier molecular flexibility index (Phi) is 2.99. The molecule has 0 bridgehead atoms. The SMILES string of the molecule is O[C@@H]1CCCC[C@H]1CBr. The van der Waals surface area contributed by atoms with Crippen molar-refractivity contribution in [2.45, 2.75) is 31.8 Å². The number of aliphatic hydroxyl groups excluding tert-OH is 1. The first-order valence-electron chi connectivity index (χ1n) is 3.58. The van der Waals surface area contributed by atoms with Crippen molar-refractivity contribution in [2.75, 3.05) is 5.33 Å². The summed E-state index contributed by atoms with van der Waals surface area (Å²) in [5.74, 6) is 0.527. The number of alkyl halides is 1. The third-order valence-corrected chi connectivity index (χ3v) is 2.90. The van der Waals surface area contributed by atoms with Crippen LogP contribution in [0.25, 0.3) is 0 Å². The zero-order chi connectivity index (χ0) is 6.69. The summed E-state index contributed by atoms with van der Waals surface area (Å²) in [5.41, 5.74) is 0. The first-order chi connectivity index (χ1) is 4.34. The highest BCUT2D eigenvalue weighted by Gasteiger charge is 2.20. The van der Waals surface area contributed by atoms with Gasteiger partial charge in [0.1, 0.15) is 0 Å². The first kappa shape index (κ1) is 7.55. The molecule has 0 heterocycles. The van der Waals surface area contributed by atoms with Crippen molar-refractivity contribution in [2.24, 2.45) is 5.92 Å². The second-order valence-corrected chi connectivity index (χ2v) is 3.41. The summed E-state index contributed by atoms with van der Waals surface area (Å²) in [7, 11) is 0. The van der Waals surface area contributed by atoms with Crippen LogP contribution in [0.15, 0.2) is 0 Å². The predicted molar refractivity (Wildman–Crippen MR) is 41.8 cm³/mol. The van der Waals surface area contributed by atoms with Gasteiger partial charge in [-0.15, -0.1) is 0 Å². The van der Waals surface area contributed by atoms with E-state index in [1.807, 2.05) is 0 Å². The van der Waals surface area contributed by atoms with Gasteiger partial charge in [0.25, 0.3) is 0 Å². The highest BCUT2D eigenvalue weighted by Crippen LogP contribution is 2.25. The van der Waals surface area contributed by atoms with Gasteiger partial charge in [-0.3, -0.25) is 0 Å². The van der Waals surface area contributed by atoms with Crippen LogP contribution in [0.2, 0.25) is 0 Å². The number of halogens is 1. The summed E-state index contributed by atoms with van der Waals surface area (Å²) in [6, 6.07) is 0. The molecule has 0 aromatic carbocycles. The van der Waals surface area contributed by atoms with Crippen LogP contribution in [0.1, 0.15) is 25.7 Å². The monoisotopic (exact) mass is 192 g/mol. The normalized spacial score (nSPS) is 36.7. The number of aliphatic hydroxyl groups is 1. The van der Waals surface area contributed by atoms with Crippen LogP contribution in [-0.2, 0) is 0 Å². The van der Waals surface area contributed by atoms with Crippen LogP contribution in [0.5, 0.6) is 0 Å². The van der Waals surface area contributed by atoms with Gasteiger partial charge in [-0.1, -0.05) is 28.8 Å². The van der Waals surface area contributed by atoms with E-state index in [0.717, 1.165) is 11.8 Å². The van der Waals surface area contributed by atoms with Gasteiger partial charge in [-0.25, -0.2) is 0 Å². The first-order valence-corrected chi connectivity index (χ1v) is 4.71. The topological polar surface area (TPSA) is 20.2 Å². The molecule has 1 aliphatic rings. The van der Waals surface area contributed by atoms with Gasteiger partial charge in [0.05, 0.1) is 6.10 Å². The van der Waals surface area contributed by atoms with Gasteiger partial charge in [0, 0.05) is 5.33 Å². The third kappa shape index (κ3) is 1.94. The maximum Gasteiger partial charge on any atom is 0.0576 e. The minimum absolute atomic E-state index is 0.0295. The molecule has 1 N–H and O–H groups in total. The molecule has 2 atom stereocenters. The molecule has 0 aromatic heterocycles. The van der Waals surface area contributed by atoms with Gasteiger partial charge in [-0.05, 0) is 18.8 Å². The highest BCUT2D eigenvalue weighted by atomic mass is 79.9. The Morgan fingerprint density at radius 1 is 1.33 bits per heavy atom. The molecule has 9 heavy (non-hydrogen) atoms. The van der Waals surface area contributed by atoms with E-state index in [1.54, 1.807) is 0 Å². The number of hydrogen-bond donors (Lipinski definition) is 1. The van der Waals surface area contributed by atoms with E-state index >= 15 is 0 Å². The van der Waals surface area contributed by atoms with Crippen molar-refractivity contribution >= 4 is 15.9 Å². The van der Waals surface area contributed by atoms with E-state index in [9.17, 15) is 5.11 Å². The summed E-state index contributed by atoms with van der Waals surface area (Å²) in [4.78, 5) is 0. The maximum atomic E-state index is 9.34. The smallest absolute Gasteiger partial charge is 0.0576 e. The van der Waals surface area contributed by atoms with E-state index in [2.05, 4.69) is 15.9 Å². The molecular weight excluding hydrogens is 180 g/mol. The highest BCUT2D eigenvalue weighted by molar-refractivity contribution is 9.09. The Bertz CT molecular complexity index is 85.0. The molecule has 54 valence electrons. The standard InChI is InChI=1S/C7H13BrO/c8-5-6-3-1-2-4-7(6)9/h6-7,9H,1-5H2/t6-,7+/m0/s1. The van der Waals surface area contributed by atoms with E-state index < -0.39 is 0 Å². The molecule has 1 nitrogen and oxygen atoms in total. The molecule has 1 fully saturated rings. The van der Waals surface area contributed by atoms with E-state index in [-0.39, 0.29) is 6.10 Å². The lowest BCUT2D eigenvalue weighted by Crippen LogP contribution is -2.25. The van der Waals surface area contributed by atoms with Crippen molar-refractivity contribution in [3.63, 3.8) is 0 Å². The molecule has 0 saturated heterocycles. The Morgan fingerprint density at radius 3 is 2.44 bits per heavy atom. The van der Waals surface area contributed by atoms with E-state index in [4.69, 9.17) is 0 Å². The van der Waals surface area contributed by atoms with Crippen molar-refractivity contribution in [3.8, 4) is 0 Å². The lowest BCUT2D eigenvalue weighted by atomic mass is 9.88. The van der Waals surface area contributed by atoms with Gasteiger partial charge in [0.15, 0.2) is 0 Å². The zero-order valence-electron chi connectivity index (χ0n) is 5.52. The van der Waals surface area contributed by atoms with E-state index in [1.165, 1.54) is 19.3 Å². The molecule has 0 aromatic rings. The lowest BCUT2D eigenvalue weighted by Gasteiger charge is -2.25. The quantitative estimate of drug-likeness (QED) is 0.631. The molecule has 2 heteroatoms. The second kappa shape index (κ2) is 3.57. The molecule has 0 amide bonds. The molecule has 0 radical (unpaired) electrons. The average Bonchev–Trinajstić information content (AvgIpc) is 1.89. The fourth-order valence-corrected chi connectivity index (χ4v) is 2.12. The van der Waals surface area contributed by atoms with Crippen LogP contribution >= 0.6 is 15.9 Å². The third-order valence-electron chi connectivity index (χ3n) is 2.07. The van der Waals surface area contributed by atoms with Crippen molar-refractivity contribution in [1.82, 2.24) is 0 Å². The molecule has 1 rings (SSSR count). The van der Waals surface area contributed by atoms with E-state index in [0.29, 0.717) is 5.92 Å². The maximum absolute atomic E-state index is 9.34. The number of hydrogen-bond acceptors (Lipinski definition) is 1. The molecular formula is C7H13BrO. The average molecular weight is 193 g/mol. The fourth-order valence-electron chi connectivity index (χ4n) is 1.37. The second-order valence-electron chi connectivity index (χ2n) is 2.77. The van der Waals surface area contributed by atoms with Crippen LogP contribution in [0.4, 0.5) is 0 Å². The Balaban J connectivity index is 2.30. The summed E-state index contributed by atoms with van der Waals surface area (Å²) < 4.78 is 0. The summed E-state index contributed by atoms with van der Waals surface area (Å²) in [5, 5.41) is 10.3. The fraction of sp³-hybridized carbons (Fsp3) is 1.00. The molecule has 1 saturated carbocycles. The largest absolute Gasteiger partial charge is 0.393 e. The summed E-state index contributed by atoms with van der Waals surface area (Å²) in [6.07, 6.45) is 4.69. The Labute approximate surface area is 64.6 Å². The van der Waals surface area contributed by atoms with Gasteiger partial charge >= 0.3 is 0 Å². The summed E-state index contributed by atoms with van der Waals surface area (Å²) in [6.45, 7) is 0. The van der Waals surface area contributed by atoms with Crippen molar-refractivity contribution in [3.05, 3.63) is 0 Å². The Morgan fingerprint density at radius 2 is 2.00 bits per heavy atom. The van der Waals surface area contributed by atoms with Crippen molar-refractivity contribution < 1.29 is 5.11 Å². The van der Waals surface area contributed by atoms with Gasteiger partial charge < -0.3 is 5.11 Å². The minimum Gasteiger partial charge on any atom is -0.393 e. The van der Waals surface area contributed by atoms with Crippen LogP contribution in [0.3, 0.4) is 0 Å². The lowest BCUT2D eigenvalue weighted by molar-refractivity contribution is 0.0822. The minimum atomic E-state index is -0.0295. The molecule has 1 aliphatic carbocycles. The predicted octanol–water partition coefficient (Wildman–Crippen LogP) is 1.93. The Hall–Kier alpha value is 0.440. The molecule has 0 spiro atoms. The van der Waals surface area contributed by atoms with Gasteiger partial charge in [0.2, 0.25) is 0 Å². The van der Waals surface area contributed by atoms with Crippen LogP contribution in [0, 0.1) is 5.92 Å². The molecule has 0 unspecified atom stereocenters. The van der Waals surface area contributed by atoms with Crippen molar-refractivity contribution in [1.29, 1.82) is 0 Å². The van der Waals surface area contributed by atoms with Crippen LogP contribution < -0.4 is 0 Å². The van der Waals surface area contributed by atoms with Crippen LogP contribution in [-0.4, -0.2) is 16.5 Å². The number of rotatable bonds is 1. The molecule has 0 aliphatic heterocycles. The van der Waals surface area contributed by atoms with Gasteiger partial charge in [-0.2, -0.15) is 0 Å². The zero-order valence-corrected chi connectivity index (χ0v) is 7.10. The summed E-state index contributed by atoms with van der Waals surface area (Å²) >= 11 is 3.39.